The molecule has 0 amide bonds. The fraction of sp³-hybridized carbons (Fsp3) is 0.240. The lowest BCUT2D eigenvalue weighted by Gasteiger charge is -2.11. The number of aromatic amines is 1. The monoisotopic (exact) mass is 514 g/mol. The van der Waals surface area contributed by atoms with Crippen molar-refractivity contribution in [2.45, 2.75) is 36.3 Å². The summed E-state index contributed by atoms with van der Waals surface area (Å²) >= 11 is 0. The lowest BCUT2D eigenvalue weighted by molar-refractivity contribution is -0.137. The van der Waals surface area contributed by atoms with Crippen LogP contribution >= 0.6 is 0 Å². The molecule has 1 aliphatic carbocycles. The average molecular weight is 515 g/mol. The highest BCUT2D eigenvalue weighted by molar-refractivity contribution is 7.91. The highest BCUT2D eigenvalue weighted by Crippen LogP contribution is 2.48. The number of rotatable bonds is 5. The highest BCUT2D eigenvalue weighted by atomic mass is 32.2. The Morgan fingerprint density at radius 1 is 1.11 bits per heavy atom. The molecule has 0 atom stereocenters. The predicted octanol–water partition coefficient (Wildman–Crippen LogP) is 5.75. The van der Waals surface area contributed by atoms with Crippen LogP contribution in [0.5, 0.6) is 0 Å². The Labute approximate surface area is 203 Å². The average Bonchev–Trinajstić information content (AvgIpc) is 3.61. The molecule has 1 aromatic heterocycles. The quantitative estimate of drug-likeness (QED) is 0.342. The number of hydrogen-bond donors (Lipinski definition) is 1. The fourth-order valence-corrected chi connectivity index (χ4v) is 5.16. The van der Waals surface area contributed by atoms with Crippen LogP contribution in [0.15, 0.2) is 53.7 Å². The largest absolute Gasteiger partial charge is 0.417 e. The molecule has 2 aliphatic heterocycles. The smallest absolute Gasteiger partial charge is 0.357 e. The van der Waals surface area contributed by atoms with E-state index in [0.717, 1.165) is 18.4 Å². The van der Waals surface area contributed by atoms with E-state index in [2.05, 4.69) is 21.0 Å². The Bertz CT molecular complexity index is 1600. The van der Waals surface area contributed by atoms with Gasteiger partial charge in [-0.2, -0.15) is 18.4 Å². The van der Waals surface area contributed by atoms with E-state index in [1.54, 1.807) is 12.1 Å². The van der Waals surface area contributed by atoms with Gasteiger partial charge in [0.2, 0.25) is 0 Å². The number of nitrogens with zero attached hydrogens (tertiary/aromatic N) is 3. The number of pyridine rings is 2. The third-order valence-electron chi connectivity index (χ3n) is 6.43. The number of aromatic nitrogens is 3. The molecule has 1 aromatic carbocycles. The molecule has 5 rings (SSSR count). The van der Waals surface area contributed by atoms with E-state index in [0.29, 0.717) is 23.4 Å². The number of nitrogens with one attached hydrogen (secondary N) is 1. The zero-order valence-corrected chi connectivity index (χ0v) is 19.6. The molecule has 0 saturated heterocycles. The topological polar surface area (TPSA) is 99.5 Å². The molecule has 1 N–H and O–H groups in total. The van der Waals surface area contributed by atoms with Gasteiger partial charge >= 0.3 is 6.18 Å². The van der Waals surface area contributed by atoms with Crippen LogP contribution in [0, 0.1) is 17.1 Å². The Morgan fingerprint density at radius 3 is 2.39 bits per heavy atom. The van der Waals surface area contributed by atoms with Gasteiger partial charge in [0.15, 0.2) is 15.7 Å². The second-order valence-electron chi connectivity index (χ2n) is 8.67. The van der Waals surface area contributed by atoms with E-state index < -0.39 is 38.5 Å². The van der Waals surface area contributed by atoms with Gasteiger partial charge in [-0.25, -0.2) is 17.8 Å². The summed E-state index contributed by atoms with van der Waals surface area (Å²) in [5.41, 5.74) is -0.876. The summed E-state index contributed by atoms with van der Waals surface area (Å²) in [6.07, 6.45) is -1.11. The van der Waals surface area contributed by atoms with Crippen molar-refractivity contribution in [1.29, 1.82) is 5.26 Å². The molecular weight excluding hydrogens is 496 g/mol. The summed E-state index contributed by atoms with van der Waals surface area (Å²) in [5, 5.41) is 9.40. The van der Waals surface area contributed by atoms with E-state index >= 15 is 4.39 Å². The summed E-state index contributed by atoms with van der Waals surface area (Å²) in [5.74, 6) is -1.30. The Kier molecular flexibility index (Phi) is 5.41. The van der Waals surface area contributed by atoms with Crippen LogP contribution in [-0.4, -0.2) is 29.1 Å². The summed E-state index contributed by atoms with van der Waals surface area (Å²) in [4.78, 5) is 10.1. The third kappa shape index (κ3) is 3.91. The zero-order valence-electron chi connectivity index (χ0n) is 18.8. The SMILES string of the molecule is CCS(=O)(=O)c1cc(-c2ccc(C3(C#N)CC3)cc2)cnc1-c1nc2cc(C(F)(F)F)c[nH]c-2c1F. The van der Waals surface area contributed by atoms with Crippen LogP contribution in [0.25, 0.3) is 33.9 Å². The normalized spacial score (nSPS) is 15.1. The molecule has 1 saturated carbocycles. The highest BCUT2D eigenvalue weighted by Gasteiger charge is 2.44. The number of hydrogen-bond acceptors (Lipinski definition) is 5. The molecule has 184 valence electrons. The van der Waals surface area contributed by atoms with E-state index in [9.17, 15) is 26.9 Å². The molecule has 6 nitrogen and oxygen atoms in total. The fourth-order valence-electron chi connectivity index (χ4n) is 4.10. The van der Waals surface area contributed by atoms with Gasteiger partial charge < -0.3 is 4.98 Å². The van der Waals surface area contributed by atoms with Gasteiger partial charge in [-0.3, -0.25) is 4.98 Å². The first-order valence-electron chi connectivity index (χ1n) is 11.0. The molecule has 3 heterocycles. The summed E-state index contributed by atoms with van der Waals surface area (Å²) in [7, 11) is -3.92. The molecule has 11 heteroatoms. The predicted molar refractivity (Wildman–Crippen MR) is 123 cm³/mol. The standard InChI is InChI=1S/C25H18F4N4O2S/c1-2-36(34,35)19-9-15(14-3-5-16(6-4-14)24(13-30)7-8-24)11-31-22(19)23-20(26)21-18(33-23)10-17(12-32-21)25(27,28)29/h3-6,9-12,32H,2,7-8H2,1H3. The van der Waals surface area contributed by atoms with Crippen LogP contribution in [-0.2, 0) is 21.4 Å². The van der Waals surface area contributed by atoms with Crippen molar-refractivity contribution < 1.29 is 26.0 Å². The van der Waals surface area contributed by atoms with Crippen molar-refractivity contribution in [1.82, 2.24) is 15.0 Å². The van der Waals surface area contributed by atoms with Gasteiger partial charge in [0.1, 0.15) is 17.1 Å². The maximum atomic E-state index is 15.2. The Balaban J connectivity index is 1.63. The maximum Gasteiger partial charge on any atom is 0.417 e. The Morgan fingerprint density at radius 2 is 1.81 bits per heavy atom. The molecule has 0 bridgehead atoms. The first-order chi connectivity index (χ1) is 17.0. The van der Waals surface area contributed by atoms with Crippen LogP contribution in [0.4, 0.5) is 17.6 Å². The summed E-state index contributed by atoms with van der Waals surface area (Å²) in [6, 6.07) is 11.5. The first-order valence-corrected chi connectivity index (χ1v) is 12.6. The number of alkyl halides is 3. The second kappa shape index (κ2) is 8.13. The molecule has 36 heavy (non-hydrogen) atoms. The van der Waals surface area contributed by atoms with E-state index in [1.807, 2.05) is 12.1 Å². The summed E-state index contributed by atoms with van der Waals surface area (Å²) in [6.45, 7) is 1.42. The van der Waals surface area contributed by atoms with Crippen LogP contribution in [0.1, 0.15) is 30.9 Å². The minimum atomic E-state index is -4.67. The van der Waals surface area contributed by atoms with E-state index in [-0.39, 0.29) is 27.7 Å². The van der Waals surface area contributed by atoms with Gasteiger partial charge in [0, 0.05) is 18.0 Å². The molecule has 0 unspecified atom stereocenters. The Hall–Kier alpha value is -3.78. The molecule has 3 aliphatic rings. The van der Waals surface area contributed by atoms with E-state index in [4.69, 9.17) is 0 Å². The van der Waals surface area contributed by atoms with Crippen molar-refractivity contribution in [3.8, 4) is 40.0 Å². The van der Waals surface area contributed by atoms with Gasteiger partial charge in [-0.1, -0.05) is 31.2 Å². The van der Waals surface area contributed by atoms with Crippen LogP contribution in [0.3, 0.4) is 0 Å². The van der Waals surface area contributed by atoms with Crippen LogP contribution in [0.2, 0.25) is 0 Å². The number of halogens is 4. The molecule has 0 radical (unpaired) electrons. The molecule has 0 spiro atoms. The molecular formula is C25H18F4N4O2S. The van der Waals surface area contributed by atoms with Crippen molar-refractivity contribution in [2.24, 2.45) is 0 Å². The first kappa shape index (κ1) is 23.9. The zero-order chi connectivity index (χ0) is 25.9. The van der Waals surface area contributed by atoms with Crippen molar-refractivity contribution >= 4 is 9.84 Å². The van der Waals surface area contributed by atoms with Crippen LogP contribution < -0.4 is 0 Å². The van der Waals surface area contributed by atoms with Gasteiger partial charge in [-0.05, 0) is 36.1 Å². The van der Waals surface area contributed by atoms with Gasteiger partial charge in [0.25, 0.3) is 0 Å². The molecule has 1 fully saturated rings. The van der Waals surface area contributed by atoms with Crippen molar-refractivity contribution in [2.75, 3.05) is 5.75 Å². The number of nitriles is 1. The minimum absolute atomic E-state index is 0.278. The van der Waals surface area contributed by atoms with Crippen molar-refractivity contribution in [3.05, 3.63) is 65.7 Å². The van der Waals surface area contributed by atoms with E-state index in [1.165, 1.54) is 19.2 Å². The second-order valence-corrected chi connectivity index (χ2v) is 10.9. The minimum Gasteiger partial charge on any atom is -0.357 e. The lowest BCUT2D eigenvalue weighted by Crippen LogP contribution is -2.08. The van der Waals surface area contributed by atoms with Crippen molar-refractivity contribution in [3.63, 3.8) is 0 Å². The molecule has 2 aromatic rings. The summed E-state index contributed by atoms with van der Waals surface area (Å²) < 4.78 is 80.3. The van der Waals surface area contributed by atoms with Gasteiger partial charge in [-0.15, -0.1) is 0 Å². The number of benzene rings is 1. The van der Waals surface area contributed by atoms with Gasteiger partial charge in [0.05, 0.1) is 33.4 Å². The maximum absolute atomic E-state index is 15.2. The third-order valence-corrected chi connectivity index (χ3v) is 8.18. The number of H-pyrrole nitrogens is 1. The lowest BCUT2D eigenvalue weighted by atomic mass is 9.95. The number of fused-ring (bicyclic) bond motifs is 1. The number of sulfone groups is 1.